The number of hydrogen-bond acceptors (Lipinski definition) is 4. The average molecular weight is 287 g/mol. The van der Waals surface area contributed by atoms with E-state index >= 15 is 0 Å². The molecule has 0 unspecified atom stereocenters. The van der Waals surface area contributed by atoms with Gasteiger partial charge in [0, 0.05) is 15.6 Å². The summed E-state index contributed by atoms with van der Waals surface area (Å²) in [6, 6.07) is 4.92. The van der Waals surface area contributed by atoms with Gasteiger partial charge in [-0.25, -0.2) is 0 Å². The Bertz CT molecular complexity index is 565. The molecule has 0 bridgehead atoms. The van der Waals surface area contributed by atoms with E-state index in [0.29, 0.717) is 21.4 Å². The maximum absolute atomic E-state index is 10.4. The standard InChI is InChI=1S/C10H8Cl2N4O2/c11-7-3-6(4-8(12)5-7)10-13-15-16(14-10)2-1-9(17)18/h3-5H,1-2H2,(H,17,18). The van der Waals surface area contributed by atoms with Gasteiger partial charge in [-0.2, -0.15) is 4.80 Å². The largest absolute Gasteiger partial charge is 0.481 e. The highest BCUT2D eigenvalue weighted by atomic mass is 35.5. The lowest BCUT2D eigenvalue weighted by Gasteiger charge is -1.97. The van der Waals surface area contributed by atoms with Gasteiger partial charge in [-0.15, -0.1) is 10.2 Å². The molecule has 0 aliphatic heterocycles. The first kappa shape index (κ1) is 12.8. The molecule has 8 heteroatoms. The van der Waals surface area contributed by atoms with Crippen molar-refractivity contribution >= 4 is 29.2 Å². The number of aromatic nitrogens is 4. The second-order valence-electron chi connectivity index (χ2n) is 3.51. The Morgan fingerprint density at radius 2 is 1.94 bits per heavy atom. The van der Waals surface area contributed by atoms with Crippen molar-refractivity contribution in [3.8, 4) is 11.4 Å². The molecule has 1 aromatic heterocycles. The number of rotatable bonds is 4. The summed E-state index contributed by atoms with van der Waals surface area (Å²) < 4.78 is 0. The maximum Gasteiger partial charge on any atom is 0.305 e. The number of nitrogens with zero attached hydrogens (tertiary/aromatic N) is 4. The van der Waals surface area contributed by atoms with Crippen LogP contribution in [0.3, 0.4) is 0 Å². The predicted octanol–water partition coefficient (Wildman–Crippen LogP) is 2.12. The molecule has 0 aliphatic carbocycles. The second kappa shape index (κ2) is 5.32. The van der Waals surface area contributed by atoms with Crippen LogP contribution < -0.4 is 0 Å². The zero-order chi connectivity index (χ0) is 13.1. The quantitative estimate of drug-likeness (QED) is 0.931. The van der Waals surface area contributed by atoms with Crippen LogP contribution in [-0.4, -0.2) is 31.3 Å². The van der Waals surface area contributed by atoms with Crippen LogP contribution in [0.1, 0.15) is 6.42 Å². The minimum absolute atomic E-state index is 0.0634. The van der Waals surface area contributed by atoms with Crippen molar-refractivity contribution in [2.24, 2.45) is 0 Å². The molecule has 18 heavy (non-hydrogen) atoms. The summed E-state index contributed by atoms with van der Waals surface area (Å²) in [5, 5.41) is 21.1. The first-order chi connectivity index (χ1) is 8.54. The van der Waals surface area contributed by atoms with Crippen molar-refractivity contribution < 1.29 is 9.90 Å². The molecule has 1 N–H and O–H groups in total. The van der Waals surface area contributed by atoms with Crippen LogP contribution in [-0.2, 0) is 11.3 Å². The average Bonchev–Trinajstić information content (AvgIpc) is 2.73. The number of halogens is 2. The highest BCUT2D eigenvalue weighted by Gasteiger charge is 2.08. The van der Waals surface area contributed by atoms with Crippen molar-refractivity contribution in [2.45, 2.75) is 13.0 Å². The molecule has 0 fully saturated rings. The van der Waals surface area contributed by atoms with E-state index in [1.54, 1.807) is 18.2 Å². The van der Waals surface area contributed by atoms with Crippen LogP contribution >= 0.6 is 23.2 Å². The lowest BCUT2D eigenvalue weighted by molar-refractivity contribution is -0.137. The summed E-state index contributed by atoms with van der Waals surface area (Å²) in [7, 11) is 0. The summed E-state index contributed by atoms with van der Waals surface area (Å²) in [4.78, 5) is 11.6. The van der Waals surface area contributed by atoms with Gasteiger partial charge in [-0.1, -0.05) is 23.2 Å². The third-order valence-electron chi connectivity index (χ3n) is 2.10. The molecule has 0 aliphatic rings. The van der Waals surface area contributed by atoms with Crippen molar-refractivity contribution in [3.05, 3.63) is 28.2 Å². The first-order valence-electron chi connectivity index (χ1n) is 5.00. The van der Waals surface area contributed by atoms with E-state index in [2.05, 4.69) is 15.4 Å². The number of aryl methyl sites for hydroxylation is 1. The second-order valence-corrected chi connectivity index (χ2v) is 4.38. The fourth-order valence-electron chi connectivity index (χ4n) is 1.33. The molecular weight excluding hydrogens is 279 g/mol. The van der Waals surface area contributed by atoms with Gasteiger partial charge >= 0.3 is 5.97 Å². The smallest absolute Gasteiger partial charge is 0.305 e. The van der Waals surface area contributed by atoms with E-state index < -0.39 is 5.97 Å². The van der Waals surface area contributed by atoms with Crippen LogP contribution in [0, 0.1) is 0 Å². The van der Waals surface area contributed by atoms with Gasteiger partial charge in [0.1, 0.15) is 0 Å². The fourth-order valence-corrected chi connectivity index (χ4v) is 1.86. The van der Waals surface area contributed by atoms with Crippen molar-refractivity contribution in [1.29, 1.82) is 0 Å². The van der Waals surface area contributed by atoms with E-state index in [1.165, 1.54) is 4.80 Å². The van der Waals surface area contributed by atoms with Gasteiger partial charge in [0.05, 0.1) is 13.0 Å². The molecular formula is C10H8Cl2N4O2. The van der Waals surface area contributed by atoms with Crippen LogP contribution in [0.15, 0.2) is 18.2 Å². The molecule has 0 saturated carbocycles. The predicted molar refractivity (Wildman–Crippen MR) is 65.5 cm³/mol. The van der Waals surface area contributed by atoms with Gasteiger partial charge < -0.3 is 5.11 Å². The normalized spacial score (nSPS) is 10.6. The zero-order valence-corrected chi connectivity index (χ0v) is 10.6. The molecule has 2 aromatic rings. The van der Waals surface area contributed by atoms with Crippen molar-refractivity contribution in [3.63, 3.8) is 0 Å². The van der Waals surface area contributed by atoms with Gasteiger partial charge in [0.25, 0.3) is 0 Å². The van der Waals surface area contributed by atoms with Gasteiger partial charge in [-0.05, 0) is 23.4 Å². The van der Waals surface area contributed by atoms with E-state index in [4.69, 9.17) is 28.3 Å². The molecule has 2 rings (SSSR count). The highest BCUT2D eigenvalue weighted by Crippen LogP contribution is 2.24. The molecule has 0 radical (unpaired) electrons. The summed E-state index contributed by atoms with van der Waals surface area (Å²) in [5.41, 5.74) is 0.633. The van der Waals surface area contributed by atoms with Gasteiger partial charge in [0.2, 0.25) is 5.82 Å². The number of carboxylic acids is 1. The lowest BCUT2D eigenvalue weighted by atomic mass is 10.2. The summed E-state index contributed by atoms with van der Waals surface area (Å²) in [6.45, 7) is 0.163. The highest BCUT2D eigenvalue weighted by molar-refractivity contribution is 6.35. The third-order valence-corrected chi connectivity index (χ3v) is 2.54. The number of hydrogen-bond donors (Lipinski definition) is 1. The Hall–Kier alpha value is -1.66. The number of carboxylic acid groups (broad SMARTS) is 1. The topological polar surface area (TPSA) is 80.9 Å². The fraction of sp³-hybridized carbons (Fsp3) is 0.200. The molecule has 1 heterocycles. The molecule has 0 spiro atoms. The van der Waals surface area contributed by atoms with E-state index in [0.717, 1.165) is 0 Å². The minimum atomic E-state index is -0.917. The van der Waals surface area contributed by atoms with E-state index in [9.17, 15) is 4.79 Å². The number of tetrazole rings is 1. The molecule has 0 atom stereocenters. The summed E-state index contributed by atoms with van der Waals surface area (Å²) >= 11 is 11.7. The SMILES string of the molecule is O=C(O)CCn1nnc(-c2cc(Cl)cc(Cl)c2)n1. The molecule has 1 aromatic carbocycles. The maximum atomic E-state index is 10.4. The zero-order valence-electron chi connectivity index (χ0n) is 9.05. The number of benzene rings is 1. The van der Waals surface area contributed by atoms with Gasteiger partial charge in [0.15, 0.2) is 0 Å². The Morgan fingerprint density at radius 3 is 2.56 bits per heavy atom. The molecule has 6 nitrogen and oxygen atoms in total. The van der Waals surface area contributed by atoms with E-state index in [1.807, 2.05) is 0 Å². The molecule has 0 amide bonds. The Balaban J connectivity index is 2.21. The number of carbonyl (C=O) groups is 1. The van der Waals surface area contributed by atoms with Crippen LogP contribution in [0.2, 0.25) is 10.0 Å². The van der Waals surface area contributed by atoms with E-state index in [-0.39, 0.29) is 13.0 Å². The summed E-state index contributed by atoms with van der Waals surface area (Å²) in [6.07, 6.45) is -0.0634. The molecule has 94 valence electrons. The molecule has 0 saturated heterocycles. The number of aliphatic carboxylic acids is 1. The summed E-state index contributed by atoms with van der Waals surface area (Å²) in [5.74, 6) is -0.565. The lowest BCUT2D eigenvalue weighted by Crippen LogP contribution is -2.07. The van der Waals surface area contributed by atoms with Crippen LogP contribution in [0.4, 0.5) is 0 Å². The van der Waals surface area contributed by atoms with Gasteiger partial charge in [-0.3, -0.25) is 4.79 Å². The first-order valence-corrected chi connectivity index (χ1v) is 5.76. The Kier molecular flexibility index (Phi) is 3.78. The van der Waals surface area contributed by atoms with Crippen molar-refractivity contribution in [1.82, 2.24) is 20.2 Å². The Labute approximate surface area is 112 Å². The monoisotopic (exact) mass is 286 g/mol. The van der Waals surface area contributed by atoms with Crippen LogP contribution in [0.5, 0.6) is 0 Å². The van der Waals surface area contributed by atoms with Crippen molar-refractivity contribution in [2.75, 3.05) is 0 Å². The Morgan fingerprint density at radius 1 is 1.28 bits per heavy atom. The third kappa shape index (κ3) is 3.18. The minimum Gasteiger partial charge on any atom is -0.481 e. The van der Waals surface area contributed by atoms with Crippen LogP contribution in [0.25, 0.3) is 11.4 Å².